The van der Waals surface area contributed by atoms with E-state index in [0.717, 1.165) is 64.2 Å². The van der Waals surface area contributed by atoms with E-state index in [1.54, 1.807) is 0 Å². The van der Waals surface area contributed by atoms with E-state index >= 15 is 0 Å². The molecular formula is C30H55O10P. The number of esters is 2. The molecule has 10 nitrogen and oxygen atoms in total. The predicted molar refractivity (Wildman–Crippen MR) is 159 cm³/mol. The highest BCUT2D eigenvalue weighted by atomic mass is 31.2. The molecule has 0 aromatic carbocycles. The van der Waals surface area contributed by atoms with Crippen LogP contribution in [-0.4, -0.2) is 65.7 Å². The van der Waals surface area contributed by atoms with Gasteiger partial charge in [-0.05, 0) is 38.5 Å². The number of ether oxygens (including phenoxy) is 2. The number of phosphoric ester groups is 1. The lowest BCUT2D eigenvalue weighted by Gasteiger charge is -2.20. The lowest BCUT2D eigenvalue weighted by molar-refractivity contribution is -0.153. The van der Waals surface area contributed by atoms with Crippen LogP contribution < -0.4 is 0 Å². The third kappa shape index (κ3) is 25.9. The summed E-state index contributed by atoms with van der Waals surface area (Å²) in [6, 6.07) is 0. The third-order valence-electron chi connectivity index (χ3n) is 6.17. The molecule has 0 saturated carbocycles. The number of unbranched alkanes of at least 4 members (excludes halogenated alkanes) is 10. The van der Waals surface area contributed by atoms with E-state index in [2.05, 4.69) is 38.2 Å². The number of hydrogen-bond acceptors (Lipinski definition) is 9. The van der Waals surface area contributed by atoms with Crippen molar-refractivity contribution in [1.29, 1.82) is 0 Å². The van der Waals surface area contributed by atoms with Crippen molar-refractivity contribution in [3.05, 3.63) is 24.3 Å². The molecule has 11 heteroatoms. The summed E-state index contributed by atoms with van der Waals surface area (Å²) in [7, 11) is -4.61. The number of aliphatic hydroxyl groups excluding tert-OH is 2. The van der Waals surface area contributed by atoms with Crippen LogP contribution in [0.25, 0.3) is 0 Å². The van der Waals surface area contributed by atoms with Crippen molar-refractivity contribution in [2.24, 2.45) is 0 Å². The van der Waals surface area contributed by atoms with Crippen LogP contribution in [0.3, 0.4) is 0 Å². The highest BCUT2D eigenvalue weighted by Crippen LogP contribution is 2.43. The molecule has 3 N–H and O–H groups in total. The SMILES string of the molecule is CCCC/C=C\C/C=C\CCCCCCCC(=O)OC(CO)COP(=O)(O)OCC(CO)OC(=O)CCCCCC. The molecule has 240 valence electrons. The molecule has 0 bridgehead atoms. The first kappa shape index (κ1) is 39.5. The van der Waals surface area contributed by atoms with Gasteiger partial charge in [0, 0.05) is 12.8 Å². The number of rotatable bonds is 28. The van der Waals surface area contributed by atoms with Crippen LogP contribution in [0, 0.1) is 0 Å². The lowest BCUT2D eigenvalue weighted by atomic mass is 10.1. The van der Waals surface area contributed by atoms with Gasteiger partial charge in [0.2, 0.25) is 0 Å². The summed E-state index contributed by atoms with van der Waals surface area (Å²) in [6.07, 6.45) is 20.9. The third-order valence-corrected chi connectivity index (χ3v) is 7.12. The fourth-order valence-electron chi connectivity index (χ4n) is 3.72. The minimum atomic E-state index is -4.61. The van der Waals surface area contributed by atoms with Gasteiger partial charge in [-0.3, -0.25) is 18.6 Å². The Balaban J connectivity index is 4.05. The molecule has 0 aromatic heterocycles. The zero-order chi connectivity index (χ0) is 30.6. The van der Waals surface area contributed by atoms with Crippen LogP contribution in [0.1, 0.15) is 117 Å². The normalized spacial score (nSPS) is 14.8. The predicted octanol–water partition coefficient (Wildman–Crippen LogP) is 6.32. The van der Waals surface area contributed by atoms with Gasteiger partial charge in [-0.15, -0.1) is 0 Å². The van der Waals surface area contributed by atoms with Gasteiger partial charge in [-0.2, -0.15) is 0 Å². The summed E-state index contributed by atoms with van der Waals surface area (Å²) in [5.41, 5.74) is 0. The smallest absolute Gasteiger partial charge is 0.457 e. The summed E-state index contributed by atoms with van der Waals surface area (Å²) in [5, 5.41) is 18.8. The van der Waals surface area contributed by atoms with Gasteiger partial charge in [0.15, 0.2) is 0 Å². The maximum atomic E-state index is 12.1. The molecule has 0 rings (SSSR count). The van der Waals surface area contributed by atoms with E-state index in [4.69, 9.17) is 18.5 Å². The molecule has 3 unspecified atom stereocenters. The van der Waals surface area contributed by atoms with Crippen LogP contribution in [-0.2, 0) is 32.7 Å². The molecule has 0 radical (unpaired) electrons. The quantitative estimate of drug-likeness (QED) is 0.0400. The van der Waals surface area contributed by atoms with E-state index in [1.165, 1.54) is 12.8 Å². The summed E-state index contributed by atoms with van der Waals surface area (Å²) in [4.78, 5) is 33.8. The first-order chi connectivity index (χ1) is 19.8. The van der Waals surface area contributed by atoms with Crippen LogP contribution in [0.2, 0.25) is 0 Å². The first-order valence-electron chi connectivity index (χ1n) is 15.3. The van der Waals surface area contributed by atoms with Crippen molar-refractivity contribution in [2.75, 3.05) is 26.4 Å². The highest BCUT2D eigenvalue weighted by molar-refractivity contribution is 7.47. The number of allylic oxidation sites excluding steroid dienone is 4. The molecule has 0 heterocycles. The van der Waals surface area contributed by atoms with Gasteiger partial charge >= 0.3 is 19.8 Å². The van der Waals surface area contributed by atoms with Gasteiger partial charge in [-0.25, -0.2) is 4.57 Å². The largest absolute Gasteiger partial charge is 0.472 e. The van der Waals surface area contributed by atoms with Gasteiger partial charge in [-0.1, -0.05) is 89.5 Å². The second-order valence-corrected chi connectivity index (χ2v) is 11.5. The topological polar surface area (TPSA) is 149 Å². The second kappa shape index (κ2) is 27.3. The van der Waals surface area contributed by atoms with Gasteiger partial charge < -0.3 is 24.6 Å². The Morgan fingerprint density at radius 3 is 1.59 bits per heavy atom. The van der Waals surface area contributed by atoms with Crippen LogP contribution in [0.15, 0.2) is 24.3 Å². The van der Waals surface area contributed by atoms with Gasteiger partial charge in [0.05, 0.1) is 26.4 Å². The summed E-state index contributed by atoms with van der Waals surface area (Å²) in [5.74, 6) is -1.05. The molecule has 0 spiro atoms. The molecular weight excluding hydrogens is 551 g/mol. The monoisotopic (exact) mass is 606 g/mol. The Labute approximate surface area is 247 Å². The average Bonchev–Trinajstić information content (AvgIpc) is 2.95. The van der Waals surface area contributed by atoms with E-state index in [0.29, 0.717) is 12.8 Å². The molecule has 0 aromatic rings. The molecule has 3 atom stereocenters. The number of carbonyl (C=O) groups is 2. The van der Waals surface area contributed by atoms with Crippen molar-refractivity contribution in [3.8, 4) is 0 Å². The molecule has 0 amide bonds. The van der Waals surface area contributed by atoms with Crippen molar-refractivity contribution in [3.63, 3.8) is 0 Å². The number of carbonyl (C=O) groups excluding carboxylic acids is 2. The molecule has 0 fully saturated rings. The molecule has 0 aliphatic heterocycles. The highest BCUT2D eigenvalue weighted by Gasteiger charge is 2.27. The maximum absolute atomic E-state index is 12.1. The average molecular weight is 607 g/mol. The minimum absolute atomic E-state index is 0.177. The van der Waals surface area contributed by atoms with Gasteiger partial charge in [0.1, 0.15) is 12.2 Å². The standard InChI is InChI=1S/C30H55O10P/c1-3-5-7-9-10-11-12-13-14-15-16-17-18-20-22-30(34)40-28(24-32)26-38-41(35,36)37-25-27(23-31)39-29(33)21-19-8-6-4-2/h9-10,12-13,27-28,31-32H,3-8,11,14-26H2,1-2H3,(H,35,36)/b10-9-,13-12-. The zero-order valence-electron chi connectivity index (χ0n) is 25.3. The van der Waals surface area contributed by atoms with E-state index in [1.807, 2.05) is 0 Å². The molecule has 0 aliphatic carbocycles. The number of phosphoric acid groups is 1. The number of aliphatic hydroxyl groups is 2. The summed E-state index contributed by atoms with van der Waals surface area (Å²) >= 11 is 0. The zero-order valence-corrected chi connectivity index (χ0v) is 26.1. The van der Waals surface area contributed by atoms with Crippen molar-refractivity contribution in [1.82, 2.24) is 0 Å². The summed E-state index contributed by atoms with van der Waals surface area (Å²) < 4.78 is 32.0. The minimum Gasteiger partial charge on any atom is -0.457 e. The Morgan fingerprint density at radius 1 is 0.659 bits per heavy atom. The lowest BCUT2D eigenvalue weighted by Crippen LogP contribution is -2.28. The molecule has 0 saturated heterocycles. The van der Waals surface area contributed by atoms with Crippen LogP contribution >= 0.6 is 7.82 Å². The van der Waals surface area contributed by atoms with E-state index in [-0.39, 0.29) is 12.8 Å². The van der Waals surface area contributed by atoms with Crippen molar-refractivity contribution >= 4 is 19.8 Å². The van der Waals surface area contributed by atoms with E-state index in [9.17, 15) is 29.3 Å². The first-order valence-corrected chi connectivity index (χ1v) is 16.8. The molecule has 0 aliphatic rings. The second-order valence-electron chi connectivity index (χ2n) is 10.1. The Bertz CT molecular complexity index is 756. The van der Waals surface area contributed by atoms with Crippen molar-refractivity contribution < 1.29 is 47.8 Å². The fourth-order valence-corrected chi connectivity index (χ4v) is 4.50. The van der Waals surface area contributed by atoms with E-state index < -0.39 is 58.4 Å². The van der Waals surface area contributed by atoms with Gasteiger partial charge in [0.25, 0.3) is 0 Å². The van der Waals surface area contributed by atoms with Crippen LogP contribution in [0.4, 0.5) is 0 Å². The summed E-state index contributed by atoms with van der Waals surface area (Å²) in [6.45, 7) is 1.95. The Morgan fingerprint density at radius 2 is 1.10 bits per heavy atom. The van der Waals surface area contributed by atoms with Crippen LogP contribution in [0.5, 0.6) is 0 Å². The Kier molecular flexibility index (Phi) is 26.3. The van der Waals surface area contributed by atoms with Crippen molar-refractivity contribution in [2.45, 2.75) is 129 Å². The molecule has 41 heavy (non-hydrogen) atoms. The Hall–Kier alpha value is -1.55. The fraction of sp³-hybridized carbons (Fsp3) is 0.800. The number of hydrogen-bond donors (Lipinski definition) is 3. The maximum Gasteiger partial charge on any atom is 0.472 e.